The van der Waals surface area contributed by atoms with E-state index in [0.717, 1.165) is 23.2 Å². The number of carbonyl (C=O) groups excluding carboxylic acids is 2. The van der Waals surface area contributed by atoms with Gasteiger partial charge in [-0.2, -0.15) is 0 Å². The van der Waals surface area contributed by atoms with Gasteiger partial charge in [0.05, 0.1) is 11.8 Å². The van der Waals surface area contributed by atoms with Crippen LogP contribution in [0.15, 0.2) is 53.7 Å². The number of aryl methyl sites for hydroxylation is 2. The number of carbonyl (C=O) groups is 2. The van der Waals surface area contributed by atoms with Crippen LogP contribution >= 0.6 is 11.8 Å². The van der Waals surface area contributed by atoms with Crippen LogP contribution in [0.4, 0.5) is 5.69 Å². The Kier molecular flexibility index (Phi) is 8.05. The number of hydrogen-bond donors (Lipinski definition) is 2. The van der Waals surface area contributed by atoms with Crippen molar-refractivity contribution >= 4 is 29.3 Å². The summed E-state index contributed by atoms with van der Waals surface area (Å²) in [4.78, 5) is 25.1. The monoisotopic (exact) mass is 451 g/mol. The first kappa shape index (κ1) is 23.5. The Balaban J connectivity index is 1.65. The maximum absolute atomic E-state index is 12.6. The topological polar surface area (TPSA) is 88.9 Å². The molecule has 2 aromatic carbocycles. The number of nitrogens with one attached hydrogen (secondary N) is 2. The van der Waals surface area contributed by atoms with Crippen molar-refractivity contribution in [3.8, 4) is 0 Å². The quantitative estimate of drug-likeness (QED) is 0.471. The highest BCUT2D eigenvalue weighted by atomic mass is 32.2. The average molecular weight is 452 g/mol. The number of thioether (sulfide) groups is 1. The molecule has 3 aromatic rings. The van der Waals surface area contributed by atoms with Gasteiger partial charge in [-0.05, 0) is 50.5 Å². The normalized spacial score (nSPS) is 11.8. The van der Waals surface area contributed by atoms with Crippen LogP contribution in [0.1, 0.15) is 54.1 Å². The predicted octanol–water partition coefficient (Wildman–Crippen LogP) is 4.39. The van der Waals surface area contributed by atoms with E-state index in [0.29, 0.717) is 23.1 Å². The Hall–Kier alpha value is -3.13. The second kappa shape index (κ2) is 10.9. The lowest BCUT2D eigenvalue weighted by Gasteiger charge is -2.15. The van der Waals surface area contributed by atoms with Gasteiger partial charge < -0.3 is 15.2 Å². The molecular weight excluding hydrogens is 422 g/mol. The van der Waals surface area contributed by atoms with Crippen molar-refractivity contribution in [1.82, 2.24) is 20.1 Å². The minimum Gasteiger partial charge on any atom is -0.342 e. The van der Waals surface area contributed by atoms with E-state index in [9.17, 15) is 9.59 Å². The summed E-state index contributed by atoms with van der Waals surface area (Å²) in [5, 5.41) is 15.2. The zero-order chi connectivity index (χ0) is 23.1. The van der Waals surface area contributed by atoms with E-state index in [1.807, 2.05) is 61.7 Å². The van der Waals surface area contributed by atoms with E-state index < -0.39 is 0 Å². The lowest BCUT2D eigenvalue weighted by Crippen LogP contribution is -2.28. The molecule has 0 bridgehead atoms. The molecule has 0 saturated carbocycles. The molecule has 0 unspecified atom stereocenters. The third-order valence-electron chi connectivity index (χ3n) is 5.17. The standard InChI is InChI=1S/C24H29N5O2S/c1-5-18-14-10-11-16(3)21(18)26-20(30)15-32-24-28-27-22(29(24)6-2)17(4)25-23(31)19-12-8-7-9-13-19/h7-14,17H,5-6,15H2,1-4H3,(H,25,31)(H,26,30)/t17-/m1/s1. The summed E-state index contributed by atoms with van der Waals surface area (Å²) in [6.45, 7) is 8.57. The van der Waals surface area contributed by atoms with Crippen LogP contribution in [0.25, 0.3) is 0 Å². The van der Waals surface area contributed by atoms with Crippen LogP contribution < -0.4 is 10.6 Å². The van der Waals surface area contributed by atoms with Gasteiger partial charge in [0, 0.05) is 17.8 Å². The molecule has 8 heteroatoms. The number of hydrogen-bond acceptors (Lipinski definition) is 5. The Bertz CT molecular complexity index is 1080. The molecule has 1 heterocycles. The summed E-state index contributed by atoms with van der Waals surface area (Å²) in [6, 6.07) is 14.8. The van der Waals surface area contributed by atoms with Crippen molar-refractivity contribution in [2.45, 2.75) is 51.9 Å². The van der Waals surface area contributed by atoms with E-state index in [2.05, 4.69) is 27.8 Å². The molecule has 1 atom stereocenters. The minimum atomic E-state index is -0.322. The molecule has 0 aliphatic carbocycles. The van der Waals surface area contributed by atoms with Gasteiger partial charge in [0.25, 0.3) is 5.91 Å². The Labute approximate surface area is 193 Å². The Morgan fingerprint density at radius 1 is 1.06 bits per heavy atom. The molecule has 0 radical (unpaired) electrons. The third-order valence-corrected chi connectivity index (χ3v) is 6.14. The number of amides is 2. The third kappa shape index (κ3) is 5.56. The van der Waals surface area contributed by atoms with Crippen molar-refractivity contribution in [2.75, 3.05) is 11.1 Å². The van der Waals surface area contributed by atoms with E-state index in [-0.39, 0.29) is 23.6 Å². The molecule has 2 N–H and O–H groups in total. The van der Waals surface area contributed by atoms with Crippen molar-refractivity contribution in [3.05, 3.63) is 71.0 Å². The smallest absolute Gasteiger partial charge is 0.251 e. The fourth-order valence-electron chi connectivity index (χ4n) is 3.47. The Morgan fingerprint density at radius 2 is 1.81 bits per heavy atom. The molecular formula is C24H29N5O2S. The SMILES string of the molecule is CCc1cccc(C)c1NC(=O)CSc1nnc([C@@H](C)NC(=O)c2ccccc2)n1CC. The highest BCUT2D eigenvalue weighted by Crippen LogP contribution is 2.24. The van der Waals surface area contributed by atoms with E-state index in [1.165, 1.54) is 11.8 Å². The zero-order valence-corrected chi connectivity index (χ0v) is 19.7. The van der Waals surface area contributed by atoms with Crippen molar-refractivity contribution in [1.29, 1.82) is 0 Å². The van der Waals surface area contributed by atoms with Gasteiger partial charge in [0.15, 0.2) is 11.0 Å². The van der Waals surface area contributed by atoms with Gasteiger partial charge in [-0.1, -0.05) is 55.1 Å². The van der Waals surface area contributed by atoms with E-state index >= 15 is 0 Å². The fourth-order valence-corrected chi connectivity index (χ4v) is 4.28. The lowest BCUT2D eigenvalue weighted by molar-refractivity contribution is -0.113. The number of aromatic nitrogens is 3. The molecule has 1 aromatic heterocycles. The molecule has 0 aliphatic rings. The zero-order valence-electron chi connectivity index (χ0n) is 18.9. The van der Waals surface area contributed by atoms with Gasteiger partial charge in [-0.25, -0.2) is 0 Å². The Morgan fingerprint density at radius 3 is 2.50 bits per heavy atom. The minimum absolute atomic E-state index is 0.0865. The summed E-state index contributed by atoms with van der Waals surface area (Å²) >= 11 is 1.34. The highest BCUT2D eigenvalue weighted by Gasteiger charge is 2.20. The first-order valence-corrected chi connectivity index (χ1v) is 11.7. The number of nitrogens with zero attached hydrogens (tertiary/aromatic N) is 3. The first-order valence-electron chi connectivity index (χ1n) is 10.7. The van der Waals surface area contributed by atoms with Crippen LogP contribution in [-0.2, 0) is 17.8 Å². The molecule has 7 nitrogen and oxygen atoms in total. The molecule has 3 rings (SSSR count). The van der Waals surface area contributed by atoms with Gasteiger partial charge >= 0.3 is 0 Å². The van der Waals surface area contributed by atoms with Gasteiger partial charge in [0.1, 0.15) is 0 Å². The van der Waals surface area contributed by atoms with E-state index in [4.69, 9.17) is 0 Å². The van der Waals surface area contributed by atoms with Gasteiger partial charge in [0.2, 0.25) is 5.91 Å². The van der Waals surface area contributed by atoms with Crippen LogP contribution in [0, 0.1) is 6.92 Å². The molecule has 32 heavy (non-hydrogen) atoms. The van der Waals surface area contributed by atoms with Crippen LogP contribution in [0.2, 0.25) is 0 Å². The second-order valence-corrected chi connectivity index (χ2v) is 8.39. The van der Waals surface area contributed by atoms with E-state index in [1.54, 1.807) is 12.1 Å². The summed E-state index contributed by atoms with van der Waals surface area (Å²) in [6.07, 6.45) is 0.852. The molecule has 0 spiro atoms. The van der Waals surface area contributed by atoms with Crippen molar-refractivity contribution in [3.63, 3.8) is 0 Å². The number of rotatable bonds is 9. The predicted molar refractivity (Wildman–Crippen MR) is 128 cm³/mol. The average Bonchev–Trinajstić information content (AvgIpc) is 3.22. The van der Waals surface area contributed by atoms with Crippen LogP contribution in [-0.4, -0.2) is 32.3 Å². The summed E-state index contributed by atoms with van der Waals surface area (Å²) < 4.78 is 1.93. The summed E-state index contributed by atoms with van der Waals surface area (Å²) in [5.41, 5.74) is 3.64. The maximum atomic E-state index is 12.6. The molecule has 168 valence electrons. The largest absolute Gasteiger partial charge is 0.342 e. The van der Waals surface area contributed by atoms with Gasteiger partial charge in [-0.3, -0.25) is 9.59 Å². The van der Waals surface area contributed by atoms with Crippen molar-refractivity contribution in [2.24, 2.45) is 0 Å². The molecule has 0 aliphatic heterocycles. The number of anilines is 1. The molecule has 0 fully saturated rings. The highest BCUT2D eigenvalue weighted by molar-refractivity contribution is 7.99. The summed E-state index contributed by atoms with van der Waals surface area (Å²) in [7, 11) is 0. The molecule has 0 saturated heterocycles. The van der Waals surface area contributed by atoms with Crippen LogP contribution in [0.3, 0.4) is 0 Å². The first-order chi connectivity index (χ1) is 15.4. The maximum Gasteiger partial charge on any atom is 0.251 e. The lowest BCUT2D eigenvalue weighted by atomic mass is 10.1. The fraction of sp³-hybridized carbons (Fsp3) is 0.333. The number of benzene rings is 2. The van der Waals surface area contributed by atoms with Crippen LogP contribution in [0.5, 0.6) is 0 Å². The summed E-state index contributed by atoms with van der Waals surface area (Å²) in [5.74, 6) is 0.631. The molecule has 2 amide bonds. The number of para-hydroxylation sites is 1. The van der Waals surface area contributed by atoms with Crippen molar-refractivity contribution < 1.29 is 9.59 Å². The second-order valence-electron chi connectivity index (χ2n) is 7.45. The van der Waals surface area contributed by atoms with Gasteiger partial charge in [-0.15, -0.1) is 10.2 Å².